The van der Waals surface area contributed by atoms with Crippen LogP contribution in [0.5, 0.6) is 0 Å². The van der Waals surface area contributed by atoms with Crippen LogP contribution >= 0.6 is 0 Å². The SMILES string of the molecule is c1ccc(-c2ccc(N(c3cccc4c3oc3ccccc34)c3c(-c4ccccc4)ccc4c3oc3c5ccccc5ccc43)cc2)cc1. The standard InChI is InChI=1S/C46H29NO2/c1-3-12-30(13-4-1)31-22-25-34(26-23-31)47(41-20-11-19-38-37-18-9-10-21-42(37)48-45(38)41)43-35(32-14-5-2-6-15-32)28-29-40-39-27-24-33-16-7-8-17-36(33)44(39)49-46(40)43/h1-29H. The predicted octanol–water partition coefficient (Wildman–Crippen LogP) is 13.4. The fraction of sp³-hybridized carbons (Fsp3) is 0. The molecular weight excluding hydrogens is 599 g/mol. The highest BCUT2D eigenvalue weighted by molar-refractivity contribution is 6.20. The molecule has 49 heavy (non-hydrogen) atoms. The molecule has 0 spiro atoms. The van der Waals surface area contributed by atoms with E-state index in [9.17, 15) is 0 Å². The highest BCUT2D eigenvalue weighted by Gasteiger charge is 2.27. The summed E-state index contributed by atoms with van der Waals surface area (Å²) in [5, 5.41) is 6.58. The molecule has 3 heteroatoms. The van der Waals surface area contributed by atoms with Crippen molar-refractivity contribution in [2.45, 2.75) is 0 Å². The molecule has 10 aromatic rings. The van der Waals surface area contributed by atoms with E-state index in [4.69, 9.17) is 8.83 Å². The molecular formula is C46H29NO2. The van der Waals surface area contributed by atoms with Gasteiger partial charge in [-0.2, -0.15) is 0 Å². The van der Waals surface area contributed by atoms with Gasteiger partial charge in [0.05, 0.1) is 11.4 Å². The number of rotatable bonds is 5. The molecule has 3 nitrogen and oxygen atoms in total. The van der Waals surface area contributed by atoms with Gasteiger partial charge in [-0.1, -0.05) is 140 Å². The zero-order valence-corrected chi connectivity index (χ0v) is 26.5. The average molecular weight is 628 g/mol. The molecule has 8 aromatic carbocycles. The Morgan fingerprint density at radius 3 is 1.78 bits per heavy atom. The molecule has 0 saturated heterocycles. The van der Waals surface area contributed by atoms with Crippen molar-refractivity contribution < 1.29 is 8.83 Å². The predicted molar refractivity (Wildman–Crippen MR) is 204 cm³/mol. The first-order valence-corrected chi connectivity index (χ1v) is 16.6. The third kappa shape index (κ3) is 4.37. The van der Waals surface area contributed by atoms with Gasteiger partial charge in [0.15, 0.2) is 11.2 Å². The van der Waals surface area contributed by atoms with Gasteiger partial charge in [-0.05, 0) is 58.5 Å². The van der Waals surface area contributed by atoms with Gasteiger partial charge in [-0.3, -0.25) is 0 Å². The van der Waals surface area contributed by atoms with E-state index in [1.165, 1.54) is 5.56 Å². The first-order chi connectivity index (χ1) is 24.3. The van der Waals surface area contributed by atoms with E-state index in [1.807, 2.05) is 12.1 Å². The summed E-state index contributed by atoms with van der Waals surface area (Å²) in [6, 6.07) is 61.8. The lowest BCUT2D eigenvalue weighted by molar-refractivity contribution is 0.667. The number of anilines is 3. The van der Waals surface area contributed by atoms with E-state index in [0.29, 0.717) is 0 Å². The number of hydrogen-bond donors (Lipinski definition) is 0. The summed E-state index contributed by atoms with van der Waals surface area (Å²) in [6.07, 6.45) is 0. The zero-order chi connectivity index (χ0) is 32.3. The number of hydrogen-bond acceptors (Lipinski definition) is 3. The van der Waals surface area contributed by atoms with Gasteiger partial charge < -0.3 is 13.7 Å². The van der Waals surface area contributed by atoms with Crippen molar-refractivity contribution in [3.8, 4) is 22.3 Å². The minimum atomic E-state index is 0.827. The highest BCUT2D eigenvalue weighted by atomic mass is 16.3. The molecule has 0 N–H and O–H groups in total. The molecule has 230 valence electrons. The van der Waals surface area contributed by atoms with Crippen LogP contribution in [0.3, 0.4) is 0 Å². The fourth-order valence-corrected chi connectivity index (χ4v) is 7.36. The number of benzene rings is 8. The van der Waals surface area contributed by atoms with Gasteiger partial charge in [-0.15, -0.1) is 0 Å². The summed E-state index contributed by atoms with van der Waals surface area (Å²) in [4.78, 5) is 2.33. The lowest BCUT2D eigenvalue weighted by atomic mass is 9.98. The van der Waals surface area contributed by atoms with Gasteiger partial charge in [0.25, 0.3) is 0 Å². The molecule has 0 aliphatic carbocycles. The summed E-state index contributed by atoms with van der Waals surface area (Å²) in [5.74, 6) is 0. The summed E-state index contributed by atoms with van der Waals surface area (Å²) >= 11 is 0. The largest absolute Gasteiger partial charge is 0.454 e. The molecule has 0 atom stereocenters. The maximum atomic E-state index is 7.07. The van der Waals surface area contributed by atoms with Gasteiger partial charge >= 0.3 is 0 Å². The number of furan rings is 2. The first kappa shape index (κ1) is 27.5. The lowest BCUT2D eigenvalue weighted by Gasteiger charge is -2.28. The van der Waals surface area contributed by atoms with E-state index in [2.05, 4.69) is 169 Å². The van der Waals surface area contributed by atoms with E-state index >= 15 is 0 Å². The van der Waals surface area contributed by atoms with Gasteiger partial charge in [-0.25, -0.2) is 0 Å². The second-order valence-corrected chi connectivity index (χ2v) is 12.5. The Morgan fingerprint density at radius 2 is 0.959 bits per heavy atom. The molecule has 2 heterocycles. The Bertz CT molecular complexity index is 2810. The number of fused-ring (bicyclic) bond motifs is 8. The Hall–Kier alpha value is -6.58. The molecule has 0 bridgehead atoms. The van der Waals surface area contributed by atoms with E-state index in [-0.39, 0.29) is 0 Å². The highest BCUT2D eigenvalue weighted by Crippen LogP contribution is 2.50. The van der Waals surface area contributed by atoms with Crippen LogP contribution in [-0.4, -0.2) is 0 Å². The van der Waals surface area contributed by atoms with Crippen molar-refractivity contribution >= 4 is 71.7 Å². The summed E-state index contributed by atoms with van der Waals surface area (Å²) in [7, 11) is 0. The van der Waals surface area contributed by atoms with Gasteiger partial charge in [0, 0.05) is 38.2 Å². The molecule has 0 unspecified atom stereocenters. The molecule has 0 aliphatic rings. The average Bonchev–Trinajstić information content (AvgIpc) is 3.76. The third-order valence-corrected chi connectivity index (χ3v) is 9.67. The van der Waals surface area contributed by atoms with Crippen LogP contribution in [-0.2, 0) is 0 Å². The summed E-state index contributed by atoms with van der Waals surface area (Å²) < 4.78 is 13.8. The Kier molecular flexibility index (Phi) is 6.18. The van der Waals surface area contributed by atoms with Crippen LogP contribution in [0.1, 0.15) is 0 Å². The van der Waals surface area contributed by atoms with Crippen molar-refractivity contribution in [1.29, 1.82) is 0 Å². The first-order valence-electron chi connectivity index (χ1n) is 16.6. The smallest absolute Gasteiger partial charge is 0.160 e. The maximum Gasteiger partial charge on any atom is 0.160 e. The second kappa shape index (κ2) is 11.0. The number of nitrogens with zero attached hydrogens (tertiary/aromatic N) is 1. The lowest BCUT2D eigenvalue weighted by Crippen LogP contribution is -2.12. The van der Waals surface area contributed by atoms with Crippen molar-refractivity contribution in [3.63, 3.8) is 0 Å². The summed E-state index contributed by atoms with van der Waals surface area (Å²) in [6.45, 7) is 0. The zero-order valence-electron chi connectivity index (χ0n) is 26.5. The van der Waals surface area contributed by atoms with E-state index in [1.54, 1.807) is 0 Å². The van der Waals surface area contributed by atoms with Crippen LogP contribution < -0.4 is 4.90 Å². The van der Waals surface area contributed by atoms with Crippen molar-refractivity contribution in [2.24, 2.45) is 0 Å². The van der Waals surface area contributed by atoms with Crippen molar-refractivity contribution in [1.82, 2.24) is 0 Å². The maximum absolute atomic E-state index is 7.07. The van der Waals surface area contributed by atoms with Crippen molar-refractivity contribution in [2.75, 3.05) is 4.90 Å². The monoisotopic (exact) mass is 627 g/mol. The molecule has 10 rings (SSSR count). The van der Waals surface area contributed by atoms with E-state index < -0.39 is 0 Å². The minimum absolute atomic E-state index is 0.827. The van der Waals surface area contributed by atoms with Gasteiger partial charge in [0.2, 0.25) is 0 Å². The summed E-state index contributed by atoms with van der Waals surface area (Å²) in [5.41, 5.74) is 10.8. The van der Waals surface area contributed by atoms with Crippen LogP contribution in [0, 0.1) is 0 Å². The molecule has 0 radical (unpaired) electrons. The molecule has 0 saturated carbocycles. The second-order valence-electron chi connectivity index (χ2n) is 12.5. The van der Waals surface area contributed by atoms with Crippen molar-refractivity contribution in [3.05, 3.63) is 176 Å². The van der Waals surface area contributed by atoms with Crippen LogP contribution in [0.25, 0.3) is 76.9 Å². The molecule has 0 aliphatic heterocycles. The van der Waals surface area contributed by atoms with Crippen LogP contribution in [0.4, 0.5) is 17.1 Å². The molecule has 2 aromatic heterocycles. The fourth-order valence-electron chi connectivity index (χ4n) is 7.36. The van der Waals surface area contributed by atoms with E-state index in [0.717, 1.165) is 88.4 Å². The normalized spacial score (nSPS) is 11.7. The molecule has 0 amide bonds. The topological polar surface area (TPSA) is 29.5 Å². The Morgan fingerprint density at radius 1 is 0.347 bits per heavy atom. The third-order valence-electron chi connectivity index (χ3n) is 9.67. The van der Waals surface area contributed by atoms with Gasteiger partial charge in [0.1, 0.15) is 11.2 Å². The number of para-hydroxylation sites is 2. The quantitative estimate of drug-likeness (QED) is 0.190. The molecule has 0 fully saturated rings. The van der Waals surface area contributed by atoms with Crippen LogP contribution in [0.15, 0.2) is 185 Å². The van der Waals surface area contributed by atoms with Crippen LogP contribution in [0.2, 0.25) is 0 Å². The Balaban J connectivity index is 1.33. The Labute approximate surface area is 282 Å². The minimum Gasteiger partial charge on any atom is -0.454 e.